The number of esters is 1. The van der Waals surface area contributed by atoms with Crippen LogP contribution in [0.1, 0.15) is 59.8 Å². The van der Waals surface area contributed by atoms with Crippen molar-refractivity contribution in [3.05, 3.63) is 0 Å². The van der Waals surface area contributed by atoms with Crippen molar-refractivity contribution in [3.63, 3.8) is 0 Å². The number of hydrogen-bond donors (Lipinski definition) is 1. The Bertz CT molecular complexity index is 333. The molecule has 0 aromatic carbocycles. The lowest BCUT2D eigenvalue weighted by atomic mass is 9.81. The minimum absolute atomic E-state index is 0.225. The summed E-state index contributed by atoms with van der Waals surface area (Å²) in [4.78, 5) is 23.1. The third kappa shape index (κ3) is 5.21. The second-order valence-corrected chi connectivity index (χ2v) is 6.68. The fraction of sp³-hybridized carbons (Fsp3) is 0.867. The highest BCUT2D eigenvalue weighted by molar-refractivity contribution is 5.75. The van der Waals surface area contributed by atoms with Crippen molar-refractivity contribution >= 4 is 11.9 Å². The van der Waals surface area contributed by atoms with E-state index in [4.69, 9.17) is 9.84 Å². The van der Waals surface area contributed by atoms with Crippen LogP contribution in [0.4, 0.5) is 0 Å². The van der Waals surface area contributed by atoms with Gasteiger partial charge in [0.05, 0.1) is 11.8 Å². The van der Waals surface area contributed by atoms with Crippen molar-refractivity contribution in [3.8, 4) is 0 Å². The number of aliphatic carboxylic acids is 1. The molecular weight excluding hydrogens is 244 g/mol. The molecule has 0 aromatic rings. The van der Waals surface area contributed by atoms with Crippen LogP contribution in [0.5, 0.6) is 0 Å². The molecule has 0 saturated heterocycles. The van der Waals surface area contributed by atoms with E-state index in [9.17, 15) is 9.59 Å². The van der Waals surface area contributed by atoms with Crippen molar-refractivity contribution in [1.82, 2.24) is 0 Å². The van der Waals surface area contributed by atoms with E-state index < -0.39 is 11.6 Å². The highest BCUT2D eigenvalue weighted by atomic mass is 16.6. The van der Waals surface area contributed by atoms with Crippen molar-refractivity contribution < 1.29 is 19.4 Å². The van der Waals surface area contributed by atoms with E-state index >= 15 is 0 Å². The van der Waals surface area contributed by atoms with Gasteiger partial charge < -0.3 is 9.84 Å². The van der Waals surface area contributed by atoms with Gasteiger partial charge in [-0.2, -0.15) is 0 Å². The first-order valence-corrected chi connectivity index (χ1v) is 7.17. The van der Waals surface area contributed by atoms with Crippen molar-refractivity contribution in [2.75, 3.05) is 0 Å². The first-order valence-electron chi connectivity index (χ1n) is 7.17. The Hall–Kier alpha value is -1.06. The third-order valence-electron chi connectivity index (χ3n) is 3.63. The molecule has 0 aromatic heterocycles. The summed E-state index contributed by atoms with van der Waals surface area (Å²) in [5.74, 6) is -1.20. The summed E-state index contributed by atoms with van der Waals surface area (Å²) in [5.41, 5.74) is -0.471. The highest BCUT2D eigenvalue weighted by Gasteiger charge is 2.34. The van der Waals surface area contributed by atoms with Crippen LogP contribution >= 0.6 is 0 Å². The molecule has 4 nitrogen and oxygen atoms in total. The zero-order valence-corrected chi connectivity index (χ0v) is 12.4. The van der Waals surface area contributed by atoms with Crippen LogP contribution in [0.25, 0.3) is 0 Å². The van der Waals surface area contributed by atoms with E-state index in [-0.39, 0.29) is 17.8 Å². The van der Waals surface area contributed by atoms with E-state index in [1.54, 1.807) is 0 Å². The summed E-state index contributed by atoms with van der Waals surface area (Å²) < 4.78 is 5.58. The molecule has 0 spiro atoms. The molecule has 0 bridgehead atoms. The molecule has 0 aliphatic heterocycles. The smallest absolute Gasteiger partial charge is 0.309 e. The molecule has 1 fully saturated rings. The van der Waals surface area contributed by atoms with Gasteiger partial charge in [-0.25, -0.2) is 0 Å². The Morgan fingerprint density at radius 3 is 2.37 bits per heavy atom. The summed E-state index contributed by atoms with van der Waals surface area (Å²) in [6, 6.07) is 0. The number of carboxylic acids is 1. The zero-order valence-electron chi connectivity index (χ0n) is 12.4. The largest absolute Gasteiger partial charge is 0.481 e. The maximum atomic E-state index is 12.1. The van der Waals surface area contributed by atoms with Gasteiger partial charge in [-0.3, -0.25) is 9.59 Å². The van der Waals surface area contributed by atoms with E-state index in [1.165, 1.54) is 0 Å². The van der Waals surface area contributed by atoms with E-state index in [0.29, 0.717) is 18.8 Å². The van der Waals surface area contributed by atoms with Crippen LogP contribution in [0.15, 0.2) is 0 Å². The van der Waals surface area contributed by atoms with E-state index in [2.05, 4.69) is 13.8 Å². The van der Waals surface area contributed by atoms with Gasteiger partial charge in [0.15, 0.2) is 0 Å². The second kappa shape index (κ2) is 6.40. The van der Waals surface area contributed by atoms with Crippen LogP contribution in [0.2, 0.25) is 0 Å². The van der Waals surface area contributed by atoms with Gasteiger partial charge in [0, 0.05) is 0 Å². The minimum Gasteiger partial charge on any atom is -0.481 e. The number of ether oxygens (including phenoxy) is 1. The average Bonchev–Trinajstić information content (AvgIpc) is 2.26. The van der Waals surface area contributed by atoms with Crippen LogP contribution in [0, 0.1) is 17.8 Å². The Kier molecular flexibility index (Phi) is 5.39. The van der Waals surface area contributed by atoms with Crippen LogP contribution in [0.3, 0.4) is 0 Å². The summed E-state index contributed by atoms with van der Waals surface area (Å²) in [6.07, 6.45) is 3.45. The van der Waals surface area contributed by atoms with Crippen LogP contribution < -0.4 is 0 Å². The molecule has 1 aliphatic carbocycles. The second-order valence-electron chi connectivity index (χ2n) is 6.68. The topological polar surface area (TPSA) is 63.6 Å². The van der Waals surface area contributed by atoms with E-state index in [0.717, 1.165) is 19.3 Å². The Morgan fingerprint density at radius 2 is 1.84 bits per heavy atom. The normalized spacial score (nSPS) is 24.3. The van der Waals surface area contributed by atoms with E-state index in [1.807, 2.05) is 13.8 Å². The molecule has 4 heteroatoms. The van der Waals surface area contributed by atoms with Gasteiger partial charge in [-0.1, -0.05) is 20.3 Å². The predicted molar refractivity (Wildman–Crippen MR) is 72.7 cm³/mol. The molecule has 2 unspecified atom stereocenters. The van der Waals surface area contributed by atoms with Gasteiger partial charge in [-0.05, 0) is 45.4 Å². The monoisotopic (exact) mass is 270 g/mol. The number of hydrogen-bond acceptors (Lipinski definition) is 3. The fourth-order valence-electron chi connectivity index (χ4n) is 3.01. The number of rotatable bonds is 5. The standard InChI is InChI=1S/C15H26O4/c1-10(2)9-15(3,4)19-14(18)12-7-5-6-11(8-12)13(16)17/h10-12H,5-9H2,1-4H3,(H,16,17). The summed E-state index contributed by atoms with van der Waals surface area (Å²) in [6.45, 7) is 8.03. The molecule has 2 atom stereocenters. The Balaban J connectivity index is 2.55. The maximum absolute atomic E-state index is 12.1. The van der Waals surface area contributed by atoms with Gasteiger partial charge in [0.2, 0.25) is 0 Å². The molecule has 19 heavy (non-hydrogen) atoms. The highest BCUT2D eigenvalue weighted by Crippen LogP contribution is 2.32. The minimum atomic E-state index is -0.793. The summed E-state index contributed by atoms with van der Waals surface area (Å²) in [5, 5.41) is 9.04. The van der Waals surface area contributed by atoms with Crippen LogP contribution in [-0.4, -0.2) is 22.6 Å². The SMILES string of the molecule is CC(C)CC(C)(C)OC(=O)C1CCCC(C(=O)O)C1. The summed E-state index contributed by atoms with van der Waals surface area (Å²) >= 11 is 0. The van der Waals surface area contributed by atoms with Gasteiger partial charge in [-0.15, -0.1) is 0 Å². The average molecular weight is 270 g/mol. The summed E-state index contributed by atoms with van der Waals surface area (Å²) in [7, 11) is 0. The molecule has 110 valence electrons. The van der Waals surface area contributed by atoms with Crippen LogP contribution in [-0.2, 0) is 14.3 Å². The zero-order chi connectivity index (χ0) is 14.6. The molecule has 1 N–H and O–H groups in total. The molecule has 0 amide bonds. The predicted octanol–water partition coefficient (Wildman–Crippen LogP) is 3.25. The molecule has 0 heterocycles. The van der Waals surface area contributed by atoms with Gasteiger partial charge in [0.1, 0.15) is 5.60 Å². The molecule has 0 radical (unpaired) electrons. The number of carbonyl (C=O) groups excluding carboxylic acids is 1. The Morgan fingerprint density at radius 1 is 1.26 bits per heavy atom. The lowest BCUT2D eigenvalue weighted by Gasteiger charge is -2.31. The lowest BCUT2D eigenvalue weighted by molar-refractivity contribution is -0.165. The quantitative estimate of drug-likeness (QED) is 0.779. The first-order chi connectivity index (χ1) is 8.71. The fourth-order valence-corrected chi connectivity index (χ4v) is 3.01. The molecular formula is C15H26O4. The number of carbonyl (C=O) groups is 2. The molecule has 1 saturated carbocycles. The first kappa shape index (κ1) is 16.0. The van der Waals surface area contributed by atoms with Crippen molar-refractivity contribution in [2.45, 2.75) is 65.4 Å². The maximum Gasteiger partial charge on any atom is 0.309 e. The Labute approximate surface area is 115 Å². The lowest BCUT2D eigenvalue weighted by Crippen LogP contribution is -2.35. The molecule has 1 aliphatic rings. The van der Waals surface area contributed by atoms with Crippen molar-refractivity contribution in [1.29, 1.82) is 0 Å². The van der Waals surface area contributed by atoms with Gasteiger partial charge >= 0.3 is 11.9 Å². The van der Waals surface area contributed by atoms with Crippen molar-refractivity contribution in [2.24, 2.45) is 17.8 Å². The van der Waals surface area contributed by atoms with Gasteiger partial charge in [0.25, 0.3) is 0 Å². The molecule has 1 rings (SSSR count). The third-order valence-corrected chi connectivity index (χ3v) is 3.63. The number of carboxylic acid groups (broad SMARTS) is 1.